The van der Waals surface area contributed by atoms with Crippen molar-refractivity contribution in [1.29, 1.82) is 0 Å². The lowest BCUT2D eigenvalue weighted by Gasteiger charge is -2.14. The number of carbonyl (C=O) groups is 2. The quantitative estimate of drug-likeness (QED) is 0.261. The molecule has 0 spiro atoms. The maximum Gasteiger partial charge on any atom is 0.293 e. The van der Waals surface area contributed by atoms with Crippen LogP contribution in [0.4, 0.5) is 9.18 Å². The highest BCUT2D eigenvalue weighted by molar-refractivity contribution is 9.10. The average Bonchev–Trinajstić information content (AvgIpc) is 3.09. The lowest BCUT2D eigenvalue weighted by atomic mass is 10.1. The first-order valence-electron chi connectivity index (χ1n) is 10.7. The van der Waals surface area contributed by atoms with Crippen molar-refractivity contribution in [2.24, 2.45) is 0 Å². The summed E-state index contributed by atoms with van der Waals surface area (Å²) in [7, 11) is 0. The van der Waals surface area contributed by atoms with Crippen LogP contribution in [0.15, 0.2) is 70.0 Å². The van der Waals surface area contributed by atoms with Gasteiger partial charge < -0.3 is 9.47 Å². The van der Waals surface area contributed by atoms with Gasteiger partial charge in [-0.15, -0.1) is 0 Å². The van der Waals surface area contributed by atoms with Crippen molar-refractivity contribution in [2.75, 3.05) is 6.61 Å². The first-order chi connectivity index (χ1) is 16.8. The van der Waals surface area contributed by atoms with Gasteiger partial charge >= 0.3 is 0 Å². The predicted molar refractivity (Wildman–Crippen MR) is 139 cm³/mol. The Balaban J connectivity index is 1.55. The molecule has 1 aliphatic heterocycles. The maximum atomic E-state index is 13.5. The minimum absolute atomic E-state index is 0.160. The molecule has 0 unspecified atom stereocenters. The first kappa shape index (κ1) is 25.3. The van der Waals surface area contributed by atoms with E-state index in [4.69, 9.17) is 21.1 Å². The summed E-state index contributed by atoms with van der Waals surface area (Å²) in [6, 6.07) is 16.6. The van der Waals surface area contributed by atoms with E-state index in [1.807, 2.05) is 6.92 Å². The van der Waals surface area contributed by atoms with Crippen LogP contribution in [-0.2, 0) is 17.9 Å². The molecule has 0 aliphatic carbocycles. The fourth-order valence-corrected chi connectivity index (χ4v) is 4.77. The summed E-state index contributed by atoms with van der Waals surface area (Å²) in [6.07, 6.45) is 1.65. The predicted octanol–water partition coefficient (Wildman–Crippen LogP) is 7.46. The minimum Gasteiger partial charge on any atom is -0.490 e. The highest BCUT2D eigenvalue weighted by atomic mass is 79.9. The number of halogens is 3. The number of hydrogen-bond acceptors (Lipinski definition) is 5. The Morgan fingerprint density at radius 3 is 2.49 bits per heavy atom. The maximum absolute atomic E-state index is 13.5. The number of nitrogens with zero attached hydrogens (tertiary/aromatic N) is 1. The van der Waals surface area contributed by atoms with E-state index in [-0.39, 0.29) is 30.1 Å². The average molecular weight is 577 g/mol. The third-order valence-electron chi connectivity index (χ3n) is 5.06. The van der Waals surface area contributed by atoms with Gasteiger partial charge in [0.25, 0.3) is 11.1 Å². The highest BCUT2D eigenvalue weighted by Gasteiger charge is 2.35. The Bertz CT molecular complexity index is 1300. The molecule has 3 aromatic rings. The van der Waals surface area contributed by atoms with Crippen LogP contribution in [0.5, 0.6) is 11.5 Å². The van der Waals surface area contributed by atoms with Crippen LogP contribution < -0.4 is 9.47 Å². The smallest absolute Gasteiger partial charge is 0.293 e. The standard InChI is InChI=1S/C26H20BrClFNO4S/c1-2-33-22-11-18(21(27)13-23(22)34-15-17-4-3-5-20(29)10-17)12-24-25(31)30(26(32)35-24)14-16-6-8-19(28)9-7-16/h3-13H,2,14-15H2,1H3/b24-12-. The molecule has 9 heteroatoms. The third-order valence-corrected chi connectivity index (χ3v) is 6.91. The molecule has 5 nitrogen and oxygen atoms in total. The van der Waals surface area contributed by atoms with Crippen molar-refractivity contribution < 1.29 is 23.5 Å². The monoisotopic (exact) mass is 575 g/mol. The van der Waals surface area contributed by atoms with Gasteiger partial charge in [-0.05, 0) is 77.9 Å². The Hall–Kier alpha value is -2.81. The number of amides is 2. The SMILES string of the molecule is CCOc1cc(/C=C2\SC(=O)N(Cc3ccc(Cl)cc3)C2=O)c(Br)cc1OCc1cccc(F)c1. The zero-order valence-corrected chi connectivity index (χ0v) is 21.8. The molecule has 0 N–H and O–H groups in total. The summed E-state index contributed by atoms with van der Waals surface area (Å²) >= 11 is 10.3. The zero-order valence-electron chi connectivity index (χ0n) is 18.6. The molecule has 0 atom stereocenters. The van der Waals surface area contributed by atoms with E-state index in [2.05, 4.69) is 15.9 Å². The summed E-state index contributed by atoms with van der Waals surface area (Å²) in [5.41, 5.74) is 2.14. The second-order valence-corrected chi connectivity index (χ2v) is 9.85. The molecule has 0 saturated carbocycles. The molecule has 1 aliphatic rings. The van der Waals surface area contributed by atoms with Crippen LogP contribution in [0.3, 0.4) is 0 Å². The van der Waals surface area contributed by atoms with Crippen LogP contribution in [0.1, 0.15) is 23.6 Å². The third kappa shape index (κ3) is 6.25. The number of carbonyl (C=O) groups excluding carboxylic acids is 2. The minimum atomic E-state index is -0.369. The van der Waals surface area contributed by atoms with Crippen LogP contribution in [0, 0.1) is 5.82 Å². The first-order valence-corrected chi connectivity index (χ1v) is 12.7. The van der Waals surface area contributed by atoms with E-state index in [0.29, 0.717) is 43.6 Å². The number of thioether (sulfide) groups is 1. The van der Waals surface area contributed by atoms with Gasteiger partial charge in [0.15, 0.2) is 11.5 Å². The summed E-state index contributed by atoms with van der Waals surface area (Å²) in [5.74, 6) is 0.235. The highest BCUT2D eigenvalue weighted by Crippen LogP contribution is 2.39. The molecule has 3 aromatic carbocycles. The Labute approximate surface area is 220 Å². The lowest BCUT2D eigenvalue weighted by Crippen LogP contribution is -2.27. The summed E-state index contributed by atoms with van der Waals surface area (Å²) in [5, 5.41) is 0.244. The second-order valence-electron chi connectivity index (χ2n) is 7.57. The van der Waals surface area contributed by atoms with Crippen molar-refractivity contribution in [1.82, 2.24) is 4.90 Å². The molecule has 35 heavy (non-hydrogen) atoms. The Kier molecular flexibility index (Phi) is 8.15. The van der Waals surface area contributed by atoms with Gasteiger partial charge in [0.05, 0.1) is 18.1 Å². The van der Waals surface area contributed by atoms with Gasteiger partial charge in [-0.2, -0.15) is 0 Å². The van der Waals surface area contributed by atoms with E-state index < -0.39 is 0 Å². The van der Waals surface area contributed by atoms with Crippen molar-refractivity contribution in [3.63, 3.8) is 0 Å². The largest absolute Gasteiger partial charge is 0.490 e. The fraction of sp³-hybridized carbons (Fsp3) is 0.154. The molecule has 0 aromatic heterocycles. The molecule has 0 bridgehead atoms. The van der Waals surface area contributed by atoms with E-state index in [9.17, 15) is 14.0 Å². The normalized spacial score (nSPS) is 14.6. The van der Waals surface area contributed by atoms with Crippen molar-refractivity contribution in [3.8, 4) is 11.5 Å². The van der Waals surface area contributed by atoms with Crippen molar-refractivity contribution in [3.05, 3.63) is 97.6 Å². The van der Waals surface area contributed by atoms with Crippen molar-refractivity contribution >= 4 is 56.5 Å². The topological polar surface area (TPSA) is 55.8 Å². The molecule has 0 radical (unpaired) electrons. The number of hydrogen-bond donors (Lipinski definition) is 0. The van der Waals surface area contributed by atoms with Crippen LogP contribution in [0.25, 0.3) is 6.08 Å². The van der Waals surface area contributed by atoms with Crippen LogP contribution in [0.2, 0.25) is 5.02 Å². The Morgan fingerprint density at radius 2 is 1.77 bits per heavy atom. The van der Waals surface area contributed by atoms with Crippen molar-refractivity contribution in [2.45, 2.75) is 20.1 Å². The van der Waals surface area contributed by atoms with Crippen LogP contribution >= 0.6 is 39.3 Å². The van der Waals surface area contributed by atoms with Gasteiger partial charge in [0, 0.05) is 9.50 Å². The molecule has 180 valence electrons. The molecule has 2 amide bonds. The van der Waals surface area contributed by atoms with Gasteiger partial charge in [0.2, 0.25) is 0 Å². The van der Waals surface area contributed by atoms with Crippen LogP contribution in [-0.4, -0.2) is 22.7 Å². The molecule has 1 saturated heterocycles. The van der Waals surface area contributed by atoms with Gasteiger partial charge in [0.1, 0.15) is 12.4 Å². The summed E-state index contributed by atoms with van der Waals surface area (Å²) in [4.78, 5) is 27.0. The van der Waals surface area contributed by atoms with Gasteiger partial charge in [-0.3, -0.25) is 14.5 Å². The number of rotatable bonds is 8. The molecular weight excluding hydrogens is 557 g/mol. The van der Waals surface area contributed by atoms with E-state index in [0.717, 1.165) is 17.3 Å². The lowest BCUT2D eigenvalue weighted by molar-refractivity contribution is -0.123. The summed E-state index contributed by atoms with van der Waals surface area (Å²) < 4.78 is 25.7. The molecule has 1 fully saturated rings. The van der Waals surface area contributed by atoms with Gasteiger partial charge in [-0.1, -0.05) is 51.8 Å². The second kappa shape index (κ2) is 11.3. The Morgan fingerprint density at radius 1 is 1.03 bits per heavy atom. The fourth-order valence-electron chi connectivity index (χ4n) is 3.38. The number of ether oxygens (including phenoxy) is 2. The summed E-state index contributed by atoms with van der Waals surface area (Å²) in [6.45, 7) is 2.57. The van der Waals surface area contributed by atoms with E-state index in [1.54, 1.807) is 54.6 Å². The number of benzene rings is 3. The molecule has 4 rings (SSSR count). The zero-order chi connectivity index (χ0) is 24.9. The van der Waals surface area contributed by atoms with E-state index >= 15 is 0 Å². The number of imide groups is 1. The molecular formula is C26H20BrClFNO4S. The molecule has 1 heterocycles. The van der Waals surface area contributed by atoms with Gasteiger partial charge in [-0.25, -0.2) is 4.39 Å². The van der Waals surface area contributed by atoms with E-state index in [1.165, 1.54) is 17.0 Å².